The molecule has 0 spiro atoms. The summed E-state index contributed by atoms with van der Waals surface area (Å²) in [5, 5.41) is 7.11. The quantitative estimate of drug-likeness (QED) is 0.935. The molecule has 21 heavy (non-hydrogen) atoms. The Morgan fingerprint density at radius 1 is 1.52 bits per heavy atom. The van der Waals surface area contributed by atoms with Crippen LogP contribution in [0.2, 0.25) is 0 Å². The van der Waals surface area contributed by atoms with Crippen LogP contribution in [0.5, 0.6) is 5.75 Å². The van der Waals surface area contributed by atoms with Crippen molar-refractivity contribution in [2.24, 2.45) is 0 Å². The number of ether oxygens (including phenoxy) is 2. The number of carbonyl (C=O) groups is 1. The molecule has 1 saturated heterocycles. The maximum Gasteiger partial charge on any atom is 0.255 e. The third-order valence-corrected chi connectivity index (χ3v) is 3.47. The largest absolute Gasteiger partial charge is 0.497 e. The molecule has 1 amide bonds. The summed E-state index contributed by atoms with van der Waals surface area (Å²) in [5.41, 5.74) is 1.22. The Hall–Kier alpha value is -2.34. The van der Waals surface area contributed by atoms with Crippen molar-refractivity contribution in [3.8, 4) is 5.75 Å². The first kappa shape index (κ1) is 13.6. The van der Waals surface area contributed by atoms with Crippen LogP contribution in [-0.2, 0) is 4.74 Å². The second-order valence-corrected chi connectivity index (χ2v) is 4.91. The van der Waals surface area contributed by atoms with Gasteiger partial charge in [-0.15, -0.1) is 0 Å². The number of rotatable bonds is 4. The van der Waals surface area contributed by atoms with Gasteiger partial charge in [-0.3, -0.25) is 9.48 Å². The third-order valence-electron chi connectivity index (χ3n) is 3.47. The standard InChI is InChI=1S/C15H17N3O3/c1-20-14-4-2-3-11(7-14)15(19)17-12-8-16-18(9-12)13-5-6-21-10-13/h2-4,7-9,13H,5-6,10H2,1H3,(H,17,19)/t13-/m1/s1. The molecule has 6 nitrogen and oxygen atoms in total. The Balaban J connectivity index is 1.69. The predicted molar refractivity (Wildman–Crippen MR) is 77.6 cm³/mol. The van der Waals surface area contributed by atoms with Gasteiger partial charge in [0.15, 0.2) is 0 Å². The second kappa shape index (κ2) is 5.97. The van der Waals surface area contributed by atoms with E-state index in [1.165, 1.54) is 0 Å². The molecule has 6 heteroatoms. The molecule has 0 bridgehead atoms. The molecule has 0 radical (unpaired) electrons. The van der Waals surface area contributed by atoms with Crippen molar-refractivity contribution in [2.75, 3.05) is 25.6 Å². The summed E-state index contributed by atoms with van der Waals surface area (Å²) >= 11 is 0. The van der Waals surface area contributed by atoms with Crippen molar-refractivity contribution >= 4 is 11.6 Å². The van der Waals surface area contributed by atoms with Gasteiger partial charge in [0, 0.05) is 18.4 Å². The van der Waals surface area contributed by atoms with Gasteiger partial charge in [0.05, 0.1) is 31.6 Å². The van der Waals surface area contributed by atoms with Gasteiger partial charge in [-0.25, -0.2) is 0 Å². The van der Waals surface area contributed by atoms with Crippen LogP contribution in [0, 0.1) is 0 Å². The lowest BCUT2D eigenvalue weighted by Gasteiger charge is -2.07. The molecule has 110 valence electrons. The Bertz CT molecular complexity index is 633. The minimum Gasteiger partial charge on any atom is -0.497 e. The molecular formula is C15H17N3O3. The smallest absolute Gasteiger partial charge is 0.255 e. The van der Waals surface area contributed by atoms with Gasteiger partial charge in [-0.05, 0) is 24.6 Å². The van der Waals surface area contributed by atoms with Crippen molar-refractivity contribution in [2.45, 2.75) is 12.5 Å². The van der Waals surface area contributed by atoms with Gasteiger partial charge in [0.25, 0.3) is 5.91 Å². The molecule has 2 heterocycles. The maximum absolute atomic E-state index is 12.2. The van der Waals surface area contributed by atoms with Crippen molar-refractivity contribution in [3.05, 3.63) is 42.2 Å². The van der Waals surface area contributed by atoms with Gasteiger partial charge in [0.1, 0.15) is 5.75 Å². The molecule has 1 atom stereocenters. The average molecular weight is 287 g/mol. The number of methoxy groups -OCH3 is 1. The minimum absolute atomic E-state index is 0.184. The Morgan fingerprint density at radius 3 is 3.19 bits per heavy atom. The summed E-state index contributed by atoms with van der Waals surface area (Å²) in [5.74, 6) is 0.470. The zero-order chi connectivity index (χ0) is 14.7. The number of nitrogens with zero attached hydrogens (tertiary/aromatic N) is 2. The van der Waals surface area contributed by atoms with Crippen LogP contribution in [0.3, 0.4) is 0 Å². The SMILES string of the molecule is COc1cccc(C(=O)Nc2cnn([C@@H]3CCOC3)c2)c1. The van der Waals surface area contributed by atoms with E-state index in [1.807, 2.05) is 10.9 Å². The van der Waals surface area contributed by atoms with Crippen molar-refractivity contribution < 1.29 is 14.3 Å². The van der Waals surface area contributed by atoms with E-state index in [-0.39, 0.29) is 11.9 Å². The number of anilines is 1. The first-order chi connectivity index (χ1) is 10.3. The summed E-state index contributed by atoms with van der Waals surface area (Å²) in [6.45, 7) is 1.43. The normalized spacial score (nSPS) is 17.7. The van der Waals surface area contributed by atoms with Gasteiger partial charge in [0.2, 0.25) is 0 Å². The summed E-state index contributed by atoms with van der Waals surface area (Å²) in [6.07, 6.45) is 4.43. The second-order valence-electron chi connectivity index (χ2n) is 4.91. The molecule has 1 aromatic carbocycles. The van der Waals surface area contributed by atoms with E-state index >= 15 is 0 Å². The van der Waals surface area contributed by atoms with Crippen LogP contribution >= 0.6 is 0 Å². The van der Waals surface area contributed by atoms with E-state index in [1.54, 1.807) is 37.6 Å². The lowest BCUT2D eigenvalue weighted by molar-refractivity contribution is 0.102. The van der Waals surface area contributed by atoms with Crippen molar-refractivity contribution in [1.29, 1.82) is 0 Å². The van der Waals surface area contributed by atoms with Gasteiger partial charge < -0.3 is 14.8 Å². The van der Waals surface area contributed by atoms with E-state index in [0.717, 1.165) is 13.0 Å². The first-order valence-corrected chi connectivity index (χ1v) is 6.83. The Morgan fingerprint density at radius 2 is 2.43 bits per heavy atom. The highest BCUT2D eigenvalue weighted by atomic mass is 16.5. The molecule has 3 rings (SSSR count). The summed E-state index contributed by atoms with van der Waals surface area (Å²) in [4.78, 5) is 12.2. The number of hydrogen-bond acceptors (Lipinski definition) is 4. The van der Waals surface area contributed by atoms with Crippen LogP contribution in [0.15, 0.2) is 36.7 Å². The summed E-state index contributed by atoms with van der Waals surface area (Å²) in [7, 11) is 1.57. The van der Waals surface area contributed by atoms with E-state index in [2.05, 4.69) is 10.4 Å². The van der Waals surface area contributed by atoms with Gasteiger partial charge >= 0.3 is 0 Å². The number of nitrogens with one attached hydrogen (secondary N) is 1. The van der Waals surface area contributed by atoms with Crippen LogP contribution in [-0.4, -0.2) is 36.0 Å². The van der Waals surface area contributed by atoms with Crippen LogP contribution in [0.1, 0.15) is 22.8 Å². The summed E-state index contributed by atoms with van der Waals surface area (Å²) in [6, 6.07) is 7.28. The predicted octanol–water partition coefficient (Wildman–Crippen LogP) is 2.11. The number of aromatic nitrogens is 2. The lowest BCUT2D eigenvalue weighted by atomic mass is 10.2. The van der Waals surface area contributed by atoms with E-state index in [9.17, 15) is 4.79 Å². The molecule has 0 unspecified atom stereocenters. The third kappa shape index (κ3) is 3.05. The monoisotopic (exact) mass is 287 g/mol. The fraction of sp³-hybridized carbons (Fsp3) is 0.333. The topological polar surface area (TPSA) is 65.4 Å². The molecule has 2 aromatic rings. The number of amides is 1. The van der Waals surface area contributed by atoms with Crippen LogP contribution in [0.25, 0.3) is 0 Å². The highest BCUT2D eigenvalue weighted by Crippen LogP contribution is 2.20. The van der Waals surface area contributed by atoms with Crippen LogP contribution in [0.4, 0.5) is 5.69 Å². The first-order valence-electron chi connectivity index (χ1n) is 6.83. The van der Waals surface area contributed by atoms with Gasteiger partial charge in [-0.1, -0.05) is 6.07 Å². The number of benzene rings is 1. The Labute approximate surface area is 122 Å². The number of hydrogen-bond donors (Lipinski definition) is 1. The highest BCUT2D eigenvalue weighted by molar-refractivity contribution is 6.04. The summed E-state index contributed by atoms with van der Waals surface area (Å²) < 4.78 is 12.3. The fourth-order valence-electron chi connectivity index (χ4n) is 2.30. The van der Waals surface area contributed by atoms with E-state index < -0.39 is 0 Å². The Kier molecular flexibility index (Phi) is 3.87. The molecule has 1 aliphatic heterocycles. The van der Waals surface area contributed by atoms with Crippen molar-refractivity contribution in [3.63, 3.8) is 0 Å². The molecular weight excluding hydrogens is 270 g/mol. The van der Waals surface area contributed by atoms with E-state index in [0.29, 0.717) is 23.6 Å². The lowest BCUT2D eigenvalue weighted by Crippen LogP contribution is -2.12. The number of carbonyl (C=O) groups excluding carboxylic acids is 1. The molecule has 1 N–H and O–H groups in total. The molecule has 1 aromatic heterocycles. The average Bonchev–Trinajstić information content (AvgIpc) is 3.18. The molecule has 0 aliphatic carbocycles. The minimum atomic E-state index is -0.184. The maximum atomic E-state index is 12.2. The van der Waals surface area contributed by atoms with Gasteiger partial charge in [-0.2, -0.15) is 5.10 Å². The molecule has 1 fully saturated rings. The zero-order valence-corrected chi connectivity index (χ0v) is 11.8. The zero-order valence-electron chi connectivity index (χ0n) is 11.8. The molecule has 1 aliphatic rings. The van der Waals surface area contributed by atoms with Crippen LogP contribution < -0.4 is 10.1 Å². The van der Waals surface area contributed by atoms with Crippen molar-refractivity contribution in [1.82, 2.24) is 9.78 Å². The molecule has 0 saturated carbocycles. The van der Waals surface area contributed by atoms with E-state index in [4.69, 9.17) is 9.47 Å². The fourth-order valence-corrected chi connectivity index (χ4v) is 2.30. The highest BCUT2D eigenvalue weighted by Gasteiger charge is 2.18.